The van der Waals surface area contributed by atoms with Crippen LogP contribution in [0.2, 0.25) is 0 Å². The first-order valence-corrected chi connectivity index (χ1v) is 8.55. The molecule has 20 heavy (non-hydrogen) atoms. The van der Waals surface area contributed by atoms with E-state index in [1.807, 2.05) is 12.1 Å². The minimum absolute atomic E-state index is 0.130. The van der Waals surface area contributed by atoms with Gasteiger partial charge in [0.1, 0.15) is 5.82 Å². The highest BCUT2D eigenvalue weighted by atomic mass is 79.9. The van der Waals surface area contributed by atoms with Crippen molar-refractivity contribution in [2.75, 3.05) is 5.33 Å². The highest BCUT2D eigenvalue weighted by Crippen LogP contribution is 2.22. The van der Waals surface area contributed by atoms with Gasteiger partial charge in [0.15, 0.2) is 0 Å². The van der Waals surface area contributed by atoms with Gasteiger partial charge in [-0.1, -0.05) is 67.8 Å². The Hall–Kier alpha value is -0.670. The van der Waals surface area contributed by atoms with Crippen molar-refractivity contribution in [3.63, 3.8) is 0 Å². The molecule has 0 amide bonds. The third kappa shape index (κ3) is 4.42. The molecule has 0 aliphatic heterocycles. The van der Waals surface area contributed by atoms with Crippen LogP contribution in [-0.2, 0) is 12.8 Å². The molecule has 0 N–H and O–H groups in total. The summed E-state index contributed by atoms with van der Waals surface area (Å²) in [6, 6.07) is 13.8. The lowest BCUT2D eigenvalue weighted by atomic mass is 9.93. The minimum atomic E-state index is -0.130. The Labute approximate surface area is 136 Å². The average Bonchev–Trinajstić information content (AvgIpc) is 2.41. The van der Waals surface area contributed by atoms with Gasteiger partial charge in [0, 0.05) is 9.80 Å². The molecule has 0 saturated carbocycles. The van der Waals surface area contributed by atoms with Crippen LogP contribution in [0.15, 0.2) is 46.9 Å². The topological polar surface area (TPSA) is 0 Å². The Balaban J connectivity index is 2.09. The van der Waals surface area contributed by atoms with Crippen LogP contribution < -0.4 is 0 Å². The van der Waals surface area contributed by atoms with Gasteiger partial charge in [0.2, 0.25) is 0 Å². The molecule has 106 valence electrons. The van der Waals surface area contributed by atoms with Crippen LogP contribution in [0.5, 0.6) is 0 Å². The van der Waals surface area contributed by atoms with Gasteiger partial charge in [-0.05, 0) is 48.9 Å². The molecule has 3 heteroatoms. The quantitative estimate of drug-likeness (QED) is 0.566. The molecule has 0 saturated heterocycles. The molecule has 0 nitrogen and oxygen atoms in total. The molecule has 0 spiro atoms. The first kappa shape index (κ1) is 15.7. The van der Waals surface area contributed by atoms with E-state index in [9.17, 15) is 4.39 Å². The second kappa shape index (κ2) is 7.37. The van der Waals surface area contributed by atoms with E-state index in [0.29, 0.717) is 5.92 Å². The predicted molar refractivity (Wildman–Crippen MR) is 90.0 cm³/mol. The summed E-state index contributed by atoms with van der Waals surface area (Å²) in [5.41, 5.74) is 3.36. The van der Waals surface area contributed by atoms with Crippen molar-refractivity contribution in [1.29, 1.82) is 0 Å². The summed E-state index contributed by atoms with van der Waals surface area (Å²) in [5, 5.41) is 0.871. The van der Waals surface area contributed by atoms with Gasteiger partial charge >= 0.3 is 0 Å². The molecule has 1 atom stereocenters. The Morgan fingerprint density at radius 3 is 2.55 bits per heavy atom. The van der Waals surface area contributed by atoms with Crippen LogP contribution in [0.1, 0.15) is 16.7 Å². The maximum absolute atomic E-state index is 13.9. The monoisotopic (exact) mass is 398 g/mol. The van der Waals surface area contributed by atoms with Gasteiger partial charge in [-0.25, -0.2) is 4.39 Å². The van der Waals surface area contributed by atoms with Gasteiger partial charge in [-0.3, -0.25) is 0 Å². The molecule has 0 aromatic heterocycles. The first-order chi connectivity index (χ1) is 9.58. The van der Waals surface area contributed by atoms with Crippen molar-refractivity contribution in [1.82, 2.24) is 0 Å². The zero-order valence-corrected chi connectivity index (χ0v) is 14.5. The number of rotatable bonds is 5. The molecule has 0 radical (unpaired) electrons. The standard InChI is InChI=1S/C17H17Br2F/c1-12-3-2-4-13(7-12)8-14(11-18)9-15-5-6-16(19)10-17(15)20/h2-7,10,14H,8-9,11H2,1H3. The fourth-order valence-electron chi connectivity index (χ4n) is 2.35. The van der Waals surface area contributed by atoms with Gasteiger partial charge in [0.25, 0.3) is 0 Å². The second-order valence-electron chi connectivity index (χ2n) is 5.15. The predicted octanol–water partition coefficient (Wildman–Crippen LogP) is 5.69. The molecule has 2 rings (SSSR count). The Bertz CT molecular complexity index is 581. The van der Waals surface area contributed by atoms with E-state index in [1.165, 1.54) is 17.2 Å². The molecule has 0 aliphatic rings. The van der Waals surface area contributed by atoms with Crippen molar-refractivity contribution in [2.45, 2.75) is 19.8 Å². The SMILES string of the molecule is Cc1cccc(CC(CBr)Cc2ccc(Br)cc2F)c1. The molecule has 0 heterocycles. The zero-order valence-electron chi connectivity index (χ0n) is 11.4. The van der Waals surface area contributed by atoms with Crippen LogP contribution in [0.25, 0.3) is 0 Å². The van der Waals surface area contributed by atoms with Crippen LogP contribution in [0.3, 0.4) is 0 Å². The molecule has 0 aliphatic carbocycles. The molecule has 0 fully saturated rings. The van der Waals surface area contributed by atoms with Crippen molar-refractivity contribution >= 4 is 31.9 Å². The summed E-state index contributed by atoms with van der Waals surface area (Å²) in [6.45, 7) is 2.10. The van der Waals surface area contributed by atoms with Crippen LogP contribution in [-0.4, -0.2) is 5.33 Å². The Morgan fingerprint density at radius 1 is 1.10 bits per heavy atom. The molecule has 1 unspecified atom stereocenters. The van der Waals surface area contributed by atoms with Crippen molar-refractivity contribution < 1.29 is 4.39 Å². The van der Waals surface area contributed by atoms with Gasteiger partial charge < -0.3 is 0 Å². The molecule has 2 aromatic rings. The number of hydrogen-bond donors (Lipinski definition) is 0. The van der Waals surface area contributed by atoms with Gasteiger partial charge in [-0.15, -0.1) is 0 Å². The van der Waals surface area contributed by atoms with E-state index < -0.39 is 0 Å². The number of hydrogen-bond acceptors (Lipinski definition) is 0. The third-order valence-electron chi connectivity index (χ3n) is 3.35. The molecule has 2 aromatic carbocycles. The second-order valence-corrected chi connectivity index (χ2v) is 6.72. The molecule has 0 bridgehead atoms. The number of aryl methyl sites for hydroxylation is 1. The average molecular weight is 400 g/mol. The third-order valence-corrected chi connectivity index (χ3v) is 4.76. The van der Waals surface area contributed by atoms with E-state index in [4.69, 9.17) is 0 Å². The summed E-state index contributed by atoms with van der Waals surface area (Å²) >= 11 is 6.85. The number of halogens is 3. The maximum atomic E-state index is 13.9. The largest absolute Gasteiger partial charge is 0.207 e. The van der Waals surface area contributed by atoms with E-state index in [-0.39, 0.29) is 5.82 Å². The lowest BCUT2D eigenvalue weighted by Crippen LogP contribution is -2.11. The van der Waals surface area contributed by atoms with Crippen molar-refractivity contribution in [2.24, 2.45) is 5.92 Å². The van der Waals surface area contributed by atoms with Crippen molar-refractivity contribution in [3.05, 3.63) is 69.4 Å². The summed E-state index contributed by atoms with van der Waals surface area (Å²) in [7, 11) is 0. The van der Waals surface area contributed by atoms with E-state index >= 15 is 0 Å². The lowest BCUT2D eigenvalue weighted by Gasteiger charge is -2.15. The summed E-state index contributed by atoms with van der Waals surface area (Å²) in [5.74, 6) is 0.266. The Morgan fingerprint density at radius 2 is 1.90 bits per heavy atom. The summed E-state index contributed by atoms with van der Waals surface area (Å²) < 4.78 is 14.7. The van der Waals surface area contributed by atoms with E-state index in [0.717, 1.165) is 28.2 Å². The normalized spacial score (nSPS) is 12.4. The Kier molecular flexibility index (Phi) is 5.79. The maximum Gasteiger partial charge on any atom is 0.127 e. The minimum Gasteiger partial charge on any atom is -0.207 e. The number of alkyl halides is 1. The zero-order chi connectivity index (χ0) is 14.5. The molecular weight excluding hydrogens is 383 g/mol. The fraction of sp³-hybridized carbons (Fsp3) is 0.294. The number of benzene rings is 2. The van der Waals surface area contributed by atoms with Crippen LogP contribution in [0.4, 0.5) is 4.39 Å². The summed E-state index contributed by atoms with van der Waals surface area (Å²) in [6.07, 6.45) is 1.71. The van der Waals surface area contributed by atoms with Gasteiger partial charge in [-0.2, -0.15) is 0 Å². The van der Waals surface area contributed by atoms with E-state index in [1.54, 1.807) is 0 Å². The van der Waals surface area contributed by atoms with Gasteiger partial charge in [0.05, 0.1) is 0 Å². The highest BCUT2D eigenvalue weighted by Gasteiger charge is 2.12. The van der Waals surface area contributed by atoms with Crippen LogP contribution in [0, 0.1) is 18.7 Å². The van der Waals surface area contributed by atoms with E-state index in [2.05, 4.69) is 63.0 Å². The smallest absolute Gasteiger partial charge is 0.127 e. The fourth-order valence-corrected chi connectivity index (χ4v) is 3.14. The summed E-state index contributed by atoms with van der Waals surface area (Å²) in [4.78, 5) is 0. The van der Waals surface area contributed by atoms with Crippen molar-refractivity contribution in [3.8, 4) is 0 Å². The highest BCUT2D eigenvalue weighted by molar-refractivity contribution is 9.10. The first-order valence-electron chi connectivity index (χ1n) is 6.64. The van der Waals surface area contributed by atoms with Crippen LogP contribution >= 0.6 is 31.9 Å². The molecular formula is C17H17Br2F. The lowest BCUT2D eigenvalue weighted by molar-refractivity contribution is 0.550.